The predicted molar refractivity (Wildman–Crippen MR) is 169 cm³/mol. The second-order valence-electron chi connectivity index (χ2n) is 10.8. The molecule has 5 heterocycles. The number of ether oxygens (including phenoxy) is 1. The summed E-state index contributed by atoms with van der Waals surface area (Å²) in [6, 6.07) is 18.0. The number of nitrogens with one attached hydrogen (secondary N) is 2. The van der Waals surface area contributed by atoms with Crippen molar-refractivity contribution < 1.29 is 22.7 Å². The number of amides is 2. The van der Waals surface area contributed by atoms with Crippen molar-refractivity contribution in [3.05, 3.63) is 103 Å². The summed E-state index contributed by atoms with van der Waals surface area (Å²) in [4.78, 5) is 32.2. The SMILES string of the molecule is O=C(Nc1cnc(Oc2ccc(-c3cnn4ccc(N5CCCC5)nc34)cc2)nc1)Nc1cc(C(F)(F)F)cnc1-c1ccccc1. The molecule has 2 amide bonds. The Morgan fingerprint density at radius 1 is 0.830 bits per heavy atom. The van der Waals surface area contributed by atoms with Gasteiger partial charge in [-0.1, -0.05) is 42.5 Å². The first-order valence-electron chi connectivity index (χ1n) is 14.7. The van der Waals surface area contributed by atoms with Gasteiger partial charge in [0.05, 0.1) is 41.2 Å². The number of fused-ring (bicyclic) bond motifs is 1. The van der Waals surface area contributed by atoms with Crippen LogP contribution in [0.25, 0.3) is 28.0 Å². The largest absolute Gasteiger partial charge is 0.424 e. The van der Waals surface area contributed by atoms with Gasteiger partial charge in [-0.15, -0.1) is 0 Å². The van der Waals surface area contributed by atoms with Crippen LogP contribution >= 0.6 is 0 Å². The van der Waals surface area contributed by atoms with E-state index >= 15 is 0 Å². The molecular weight excluding hydrogens is 611 g/mol. The molecular formula is C33H26F3N9O2. The number of aromatic nitrogens is 6. The number of anilines is 3. The van der Waals surface area contributed by atoms with Crippen LogP contribution < -0.4 is 20.3 Å². The molecule has 11 nitrogen and oxygen atoms in total. The summed E-state index contributed by atoms with van der Waals surface area (Å²) in [5, 5.41) is 9.42. The molecule has 4 aromatic heterocycles. The van der Waals surface area contributed by atoms with Crippen molar-refractivity contribution in [3.8, 4) is 34.1 Å². The van der Waals surface area contributed by atoms with Crippen molar-refractivity contribution in [1.29, 1.82) is 0 Å². The first kappa shape index (κ1) is 29.6. The minimum Gasteiger partial charge on any atom is -0.424 e. The van der Waals surface area contributed by atoms with Gasteiger partial charge >= 0.3 is 18.2 Å². The molecule has 0 unspecified atom stereocenters. The number of carbonyl (C=O) groups is 1. The molecule has 0 radical (unpaired) electrons. The van der Waals surface area contributed by atoms with Crippen LogP contribution in [0.5, 0.6) is 11.8 Å². The summed E-state index contributed by atoms with van der Waals surface area (Å²) >= 11 is 0. The third kappa shape index (κ3) is 6.52. The molecule has 14 heteroatoms. The highest BCUT2D eigenvalue weighted by Crippen LogP contribution is 2.34. The van der Waals surface area contributed by atoms with Crippen molar-refractivity contribution in [2.24, 2.45) is 0 Å². The van der Waals surface area contributed by atoms with Gasteiger partial charge in [0.25, 0.3) is 0 Å². The van der Waals surface area contributed by atoms with E-state index in [0.29, 0.717) is 11.3 Å². The molecule has 0 aliphatic carbocycles. The molecule has 47 heavy (non-hydrogen) atoms. The molecule has 7 rings (SSSR count). The van der Waals surface area contributed by atoms with E-state index in [1.165, 1.54) is 12.4 Å². The van der Waals surface area contributed by atoms with Crippen molar-refractivity contribution in [2.75, 3.05) is 28.6 Å². The number of rotatable bonds is 7. The van der Waals surface area contributed by atoms with Crippen molar-refractivity contribution >= 4 is 28.9 Å². The third-order valence-electron chi connectivity index (χ3n) is 7.56. The summed E-state index contributed by atoms with van der Waals surface area (Å²) in [6.07, 6.45) is 4.76. The van der Waals surface area contributed by atoms with E-state index in [2.05, 4.69) is 35.6 Å². The lowest BCUT2D eigenvalue weighted by Gasteiger charge is -2.16. The average Bonchev–Trinajstić information content (AvgIpc) is 3.77. The number of alkyl halides is 3. The van der Waals surface area contributed by atoms with Gasteiger partial charge in [0.1, 0.15) is 11.6 Å². The fraction of sp³-hybridized carbons (Fsp3) is 0.152. The molecule has 0 saturated carbocycles. The Morgan fingerprint density at radius 3 is 2.30 bits per heavy atom. The summed E-state index contributed by atoms with van der Waals surface area (Å²) in [5.74, 6) is 1.42. The Hall–Kier alpha value is -6.05. The first-order chi connectivity index (χ1) is 22.8. The lowest BCUT2D eigenvalue weighted by Crippen LogP contribution is -2.21. The highest BCUT2D eigenvalue weighted by molar-refractivity contribution is 6.01. The molecule has 2 aromatic carbocycles. The smallest absolute Gasteiger partial charge is 0.417 e. The van der Waals surface area contributed by atoms with Gasteiger partial charge in [-0.05, 0) is 42.7 Å². The van der Waals surface area contributed by atoms with Gasteiger partial charge in [0.15, 0.2) is 5.65 Å². The lowest BCUT2D eigenvalue weighted by atomic mass is 10.1. The second kappa shape index (κ2) is 12.4. The van der Waals surface area contributed by atoms with E-state index in [4.69, 9.17) is 9.72 Å². The molecule has 1 saturated heterocycles. The van der Waals surface area contributed by atoms with Gasteiger partial charge in [-0.3, -0.25) is 4.98 Å². The molecule has 0 spiro atoms. The number of hydrogen-bond acceptors (Lipinski definition) is 8. The van der Waals surface area contributed by atoms with E-state index in [-0.39, 0.29) is 23.1 Å². The fourth-order valence-electron chi connectivity index (χ4n) is 5.25. The topological polar surface area (TPSA) is 122 Å². The van der Waals surface area contributed by atoms with Crippen LogP contribution in [0.15, 0.2) is 97.7 Å². The summed E-state index contributed by atoms with van der Waals surface area (Å²) in [5.41, 5.74) is 2.38. The number of benzene rings is 2. The zero-order valence-electron chi connectivity index (χ0n) is 24.6. The number of hydrogen-bond donors (Lipinski definition) is 2. The molecule has 0 bridgehead atoms. The standard InChI is InChI=1S/C33H26F3N9O2/c34-33(35,36)23-16-27(29(37-17-23)22-6-2-1-3-7-22)42-31(46)41-24-18-38-32(39-19-24)47-25-10-8-21(9-11-25)26-20-40-45-15-12-28(43-30(26)45)44-13-4-5-14-44/h1-3,6-12,15-20H,4-5,13-14H2,(H2,41,42,46). The Labute approximate surface area is 266 Å². The van der Waals surface area contributed by atoms with Gasteiger partial charge in [0.2, 0.25) is 0 Å². The van der Waals surface area contributed by atoms with Gasteiger partial charge in [0, 0.05) is 36.6 Å². The molecule has 6 aromatic rings. The predicted octanol–water partition coefficient (Wildman–Crippen LogP) is 7.30. The molecule has 1 fully saturated rings. The molecule has 1 aliphatic rings. The third-order valence-corrected chi connectivity index (χ3v) is 7.56. The van der Waals surface area contributed by atoms with Gasteiger partial charge < -0.3 is 20.3 Å². The molecule has 1 aliphatic heterocycles. The maximum atomic E-state index is 13.4. The number of carbonyl (C=O) groups excluding carboxylic acids is 1. The maximum absolute atomic E-state index is 13.4. The van der Waals surface area contributed by atoms with Crippen LogP contribution in [0.1, 0.15) is 18.4 Å². The van der Waals surface area contributed by atoms with E-state index in [1.54, 1.807) is 53.2 Å². The minimum absolute atomic E-state index is 0.0325. The van der Waals surface area contributed by atoms with Crippen molar-refractivity contribution in [2.45, 2.75) is 19.0 Å². The van der Waals surface area contributed by atoms with Crippen LogP contribution in [-0.2, 0) is 6.18 Å². The number of nitrogens with zero attached hydrogens (tertiary/aromatic N) is 7. The monoisotopic (exact) mass is 637 g/mol. The van der Waals surface area contributed by atoms with E-state index in [9.17, 15) is 18.0 Å². The highest BCUT2D eigenvalue weighted by Gasteiger charge is 2.32. The average molecular weight is 638 g/mol. The number of pyridine rings is 1. The Kier molecular flexibility index (Phi) is 7.81. The maximum Gasteiger partial charge on any atom is 0.417 e. The Morgan fingerprint density at radius 2 is 1.57 bits per heavy atom. The summed E-state index contributed by atoms with van der Waals surface area (Å²) in [6.45, 7) is 2.00. The van der Waals surface area contributed by atoms with Crippen molar-refractivity contribution in [1.82, 2.24) is 29.5 Å². The molecule has 2 N–H and O–H groups in total. The van der Waals surface area contributed by atoms with Crippen LogP contribution in [0.3, 0.4) is 0 Å². The first-order valence-corrected chi connectivity index (χ1v) is 14.7. The van der Waals surface area contributed by atoms with E-state index in [0.717, 1.165) is 60.8 Å². The quantitative estimate of drug-likeness (QED) is 0.187. The summed E-state index contributed by atoms with van der Waals surface area (Å²) in [7, 11) is 0. The normalized spacial score (nSPS) is 13.1. The fourth-order valence-corrected chi connectivity index (χ4v) is 5.25. The molecule has 0 atom stereocenters. The zero-order chi connectivity index (χ0) is 32.4. The van der Waals surface area contributed by atoms with Crippen LogP contribution in [0.4, 0.5) is 35.2 Å². The highest BCUT2D eigenvalue weighted by atomic mass is 19.4. The van der Waals surface area contributed by atoms with Crippen LogP contribution in [0.2, 0.25) is 0 Å². The lowest BCUT2D eigenvalue weighted by molar-refractivity contribution is -0.137. The van der Waals surface area contributed by atoms with E-state index in [1.807, 2.05) is 24.4 Å². The second-order valence-corrected chi connectivity index (χ2v) is 10.8. The zero-order valence-corrected chi connectivity index (χ0v) is 24.6. The van der Waals surface area contributed by atoms with Crippen LogP contribution in [0, 0.1) is 0 Å². The number of urea groups is 1. The Bertz CT molecular complexity index is 2030. The van der Waals surface area contributed by atoms with E-state index < -0.39 is 17.8 Å². The molecule has 236 valence electrons. The van der Waals surface area contributed by atoms with Crippen LogP contribution in [-0.4, -0.2) is 48.7 Å². The van der Waals surface area contributed by atoms with Crippen molar-refractivity contribution in [3.63, 3.8) is 0 Å². The van der Waals surface area contributed by atoms with Gasteiger partial charge in [-0.25, -0.2) is 24.3 Å². The summed E-state index contributed by atoms with van der Waals surface area (Å²) < 4.78 is 47.7. The van der Waals surface area contributed by atoms with Gasteiger partial charge in [-0.2, -0.15) is 18.3 Å². The Balaban J connectivity index is 1.01. The number of halogens is 3. The minimum atomic E-state index is -4.64.